The molecule has 13 atom stereocenters. The monoisotopic (exact) mass is 1060 g/mol. The first-order valence-electron chi connectivity index (χ1n) is 27.2. The standard InChI is InChI=1S/C19H32N2O5.C18H24N2O5.C17H28N2O5/c1-4-8-14(19(25)26-5-2)20-12(3)17(22)21-15-10-7-6-9-13(15)11-16(21)18(23)24;1-12(16(21)20-11-5-8-15(20)18(24)25)19-14(17(22)23)10-9-13-6-3-2-4-7-13;1-3-6-12(16(21)22)18-10(2)15(20)19-13-8-5-4-7-11(13)9-14(19)17(23)24/h12-16,20H,4-11H2,1-3H3,(H,23,24);2-4,6-7,12,14-15,19H,5,8-11H2,1H3,(H,22,23)(H,24,25);10-14,18H,3-9H2,1-2H3,(H,21,22)(H,23,24)/t;12-,14-,15-;/m.0./s1. The summed E-state index contributed by atoms with van der Waals surface area (Å²) in [7, 11) is 0. The molecule has 8 N–H and O–H groups in total. The van der Waals surface area contributed by atoms with E-state index in [0.29, 0.717) is 70.9 Å². The number of aliphatic carboxylic acids is 5. The third-order valence-electron chi connectivity index (χ3n) is 15.4. The Morgan fingerprint density at radius 3 is 1.41 bits per heavy atom. The molecule has 0 spiro atoms. The summed E-state index contributed by atoms with van der Waals surface area (Å²) >= 11 is 0. The number of carbonyl (C=O) groups is 9. The molecule has 0 aromatic heterocycles. The number of nitrogens with zero attached hydrogens (tertiary/aromatic N) is 3. The molecule has 2 aliphatic carbocycles. The maximum absolute atomic E-state index is 13.1. The van der Waals surface area contributed by atoms with Crippen LogP contribution in [0.3, 0.4) is 0 Å². The zero-order valence-electron chi connectivity index (χ0n) is 44.7. The molecule has 6 rings (SSSR count). The number of nitrogens with one attached hydrogen (secondary N) is 3. The Kier molecular flexibility index (Phi) is 24.9. The number of carboxylic acids is 5. The second kappa shape index (κ2) is 30.2. The molecule has 5 aliphatic rings. The highest BCUT2D eigenvalue weighted by Crippen LogP contribution is 2.41. The topological polar surface area (TPSA) is 310 Å². The van der Waals surface area contributed by atoms with Crippen molar-refractivity contribution in [2.45, 2.75) is 224 Å². The number of likely N-dealkylation sites (tertiary alicyclic amines) is 3. The van der Waals surface area contributed by atoms with E-state index in [-0.39, 0.29) is 47.6 Å². The lowest BCUT2D eigenvalue weighted by Gasteiger charge is -2.35. The number of rotatable bonds is 23. The number of carbonyl (C=O) groups excluding carboxylic acids is 4. The second-order valence-electron chi connectivity index (χ2n) is 20.8. The first-order valence-corrected chi connectivity index (χ1v) is 27.2. The van der Waals surface area contributed by atoms with Crippen molar-refractivity contribution in [3.05, 3.63) is 35.9 Å². The number of hydrogen-bond donors (Lipinski definition) is 8. The lowest BCUT2D eigenvalue weighted by atomic mass is 9.84. The first-order chi connectivity index (χ1) is 35.7. The van der Waals surface area contributed by atoms with Gasteiger partial charge in [-0.1, -0.05) is 82.7 Å². The largest absolute Gasteiger partial charge is 0.480 e. The van der Waals surface area contributed by atoms with E-state index in [0.717, 1.165) is 63.4 Å². The van der Waals surface area contributed by atoms with Crippen LogP contribution in [0.2, 0.25) is 0 Å². The third kappa shape index (κ3) is 17.2. The number of ether oxygens (including phenoxy) is 1. The van der Waals surface area contributed by atoms with Crippen LogP contribution in [0.15, 0.2) is 30.3 Å². The molecule has 3 amide bonds. The average Bonchev–Trinajstić information content (AvgIpc) is 4.14. The minimum atomic E-state index is -1.02. The van der Waals surface area contributed by atoms with Crippen LogP contribution in [0.25, 0.3) is 0 Å². The van der Waals surface area contributed by atoms with Crippen LogP contribution in [0, 0.1) is 11.8 Å². The number of hydrogen-bond acceptors (Lipinski definition) is 13. The van der Waals surface area contributed by atoms with E-state index in [1.165, 1.54) is 9.80 Å². The fraction of sp³-hybridized carbons (Fsp3) is 0.722. The Labute approximate surface area is 440 Å². The zero-order chi connectivity index (χ0) is 55.5. The SMILES string of the molecule is CCCC(NC(C)C(=O)N1C(C(=O)O)CC2CCCCC21)C(=O)O.CCCC(NC(C)C(=O)N1C(C(=O)O)CC2CCCCC21)C(=O)OCC.C[C@H](N[C@@H](CCc1ccccc1)C(=O)O)C(=O)N1CCC[C@H]1C(=O)O. The molecule has 1 aromatic rings. The van der Waals surface area contributed by atoms with Gasteiger partial charge in [0.15, 0.2) is 0 Å². The predicted octanol–water partition coefficient (Wildman–Crippen LogP) is 4.53. The van der Waals surface area contributed by atoms with Crippen molar-refractivity contribution in [3.8, 4) is 0 Å². The van der Waals surface area contributed by atoms with E-state index in [1.807, 2.05) is 44.2 Å². The minimum absolute atomic E-state index is 0.00817. The van der Waals surface area contributed by atoms with E-state index < -0.39 is 84.2 Å². The molecule has 0 radical (unpaired) electrons. The van der Waals surface area contributed by atoms with E-state index in [1.54, 1.807) is 32.6 Å². The normalized spacial score (nSPS) is 25.3. The van der Waals surface area contributed by atoms with Gasteiger partial charge in [-0.25, -0.2) is 14.4 Å². The van der Waals surface area contributed by atoms with Gasteiger partial charge in [-0.2, -0.15) is 0 Å². The Morgan fingerprint density at radius 1 is 0.547 bits per heavy atom. The summed E-state index contributed by atoms with van der Waals surface area (Å²) in [4.78, 5) is 112. The quantitative estimate of drug-likeness (QED) is 0.0698. The van der Waals surface area contributed by atoms with Crippen LogP contribution in [-0.2, 0) is 54.3 Å². The van der Waals surface area contributed by atoms with Crippen molar-refractivity contribution in [1.29, 1.82) is 0 Å². The molecule has 2 saturated carbocycles. The van der Waals surface area contributed by atoms with Gasteiger partial charge in [-0.05, 0) is 122 Å². The molecular weight excluding hydrogens is 973 g/mol. The van der Waals surface area contributed by atoms with Crippen LogP contribution < -0.4 is 16.0 Å². The number of aryl methyl sites for hydroxylation is 1. The molecule has 10 unspecified atom stereocenters. The van der Waals surface area contributed by atoms with Crippen molar-refractivity contribution in [3.63, 3.8) is 0 Å². The summed E-state index contributed by atoms with van der Waals surface area (Å²) in [5.74, 6) is -5.64. The fourth-order valence-corrected chi connectivity index (χ4v) is 11.7. The van der Waals surface area contributed by atoms with Crippen molar-refractivity contribution in [2.24, 2.45) is 11.8 Å². The summed E-state index contributed by atoms with van der Waals surface area (Å²) < 4.78 is 5.09. The van der Waals surface area contributed by atoms with Crippen molar-refractivity contribution < 1.29 is 73.4 Å². The van der Waals surface area contributed by atoms with Crippen molar-refractivity contribution in [1.82, 2.24) is 30.7 Å². The molecular formula is C54H84N6O15. The fourth-order valence-electron chi connectivity index (χ4n) is 11.7. The van der Waals surface area contributed by atoms with Crippen LogP contribution >= 0.6 is 0 Å². The Morgan fingerprint density at radius 2 is 0.973 bits per heavy atom. The number of esters is 1. The Bertz CT molecular complexity index is 2100. The summed E-state index contributed by atoms with van der Waals surface area (Å²) in [6, 6.07) is 2.86. The van der Waals surface area contributed by atoms with E-state index in [2.05, 4.69) is 16.0 Å². The van der Waals surface area contributed by atoms with Gasteiger partial charge < -0.3 is 45.0 Å². The summed E-state index contributed by atoms with van der Waals surface area (Å²) in [6.07, 6.45) is 13.4. The van der Waals surface area contributed by atoms with Crippen LogP contribution in [0.4, 0.5) is 0 Å². The van der Waals surface area contributed by atoms with E-state index >= 15 is 0 Å². The van der Waals surface area contributed by atoms with E-state index in [4.69, 9.17) is 4.74 Å². The molecule has 5 fully saturated rings. The molecule has 420 valence electrons. The van der Waals surface area contributed by atoms with Gasteiger partial charge in [-0.3, -0.25) is 44.7 Å². The number of amides is 3. The average molecular weight is 1060 g/mol. The van der Waals surface area contributed by atoms with Gasteiger partial charge in [0.2, 0.25) is 17.7 Å². The van der Waals surface area contributed by atoms with Gasteiger partial charge in [-0.15, -0.1) is 0 Å². The summed E-state index contributed by atoms with van der Waals surface area (Å²) in [6.45, 7) is 11.2. The molecule has 0 bridgehead atoms. The number of carboxylic acid groups (broad SMARTS) is 5. The minimum Gasteiger partial charge on any atom is -0.480 e. The Hall–Kier alpha value is -5.67. The highest BCUT2D eigenvalue weighted by molar-refractivity contribution is 5.90. The molecule has 75 heavy (non-hydrogen) atoms. The molecule has 21 heteroatoms. The number of fused-ring (bicyclic) bond motifs is 2. The van der Waals surface area contributed by atoms with Gasteiger partial charge in [0.25, 0.3) is 0 Å². The highest BCUT2D eigenvalue weighted by Gasteiger charge is 2.50. The lowest BCUT2D eigenvalue weighted by molar-refractivity contribution is -0.152. The molecule has 3 saturated heterocycles. The Balaban J connectivity index is 0.000000244. The smallest absolute Gasteiger partial charge is 0.326 e. The van der Waals surface area contributed by atoms with Gasteiger partial charge >= 0.3 is 35.8 Å². The van der Waals surface area contributed by atoms with Gasteiger partial charge in [0.05, 0.1) is 24.7 Å². The highest BCUT2D eigenvalue weighted by atomic mass is 16.5. The number of benzene rings is 1. The molecule has 3 heterocycles. The van der Waals surface area contributed by atoms with Gasteiger partial charge in [0.1, 0.15) is 36.3 Å². The maximum atomic E-state index is 13.1. The van der Waals surface area contributed by atoms with Gasteiger partial charge in [0, 0.05) is 18.6 Å². The first kappa shape index (κ1) is 61.9. The van der Waals surface area contributed by atoms with E-state index in [9.17, 15) is 68.7 Å². The molecule has 3 aliphatic heterocycles. The van der Waals surface area contributed by atoms with Crippen LogP contribution in [0.1, 0.15) is 156 Å². The van der Waals surface area contributed by atoms with Crippen molar-refractivity contribution in [2.75, 3.05) is 13.2 Å². The predicted molar refractivity (Wildman–Crippen MR) is 275 cm³/mol. The maximum Gasteiger partial charge on any atom is 0.326 e. The summed E-state index contributed by atoms with van der Waals surface area (Å²) in [5, 5.41) is 55.7. The second-order valence-corrected chi connectivity index (χ2v) is 20.8. The summed E-state index contributed by atoms with van der Waals surface area (Å²) in [5.41, 5.74) is 1.03. The van der Waals surface area contributed by atoms with Crippen LogP contribution in [-0.4, -0.2) is 173 Å². The zero-order valence-corrected chi connectivity index (χ0v) is 44.7. The molecule has 1 aromatic carbocycles. The van der Waals surface area contributed by atoms with Crippen LogP contribution in [0.5, 0.6) is 0 Å². The lowest BCUT2D eigenvalue weighted by Crippen LogP contribution is -2.55. The molecule has 21 nitrogen and oxygen atoms in total. The third-order valence-corrected chi connectivity index (χ3v) is 15.4. The van der Waals surface area contributed by atoms with Crippen molar-refractivity contribution >= 4 is 53.5 Å².